The monoisotopic (exact) mass is 555 g/mol. The highest BCUT2D eigenvalue weighted by atomic mass is 19.1. The fourth-order valence-corrected chi connectivity index (χ4v) is 5.76. The quantitative estimate of drug-likeness (QED) is 0.219. The first-order chi connectivity index (χ1) is 20.4. The molecule has 1 aromatic heterocycles. The predicted octanol–water partition coefficient (Wildman–Crippen LogP) is 7.16. The number of benzene rings is 5. The third kappa shape index (κ3) is 4.49. The largest absolute Gasteiger partial charge is 0.478 e. The molecule has 0 radical (unpaired) electrons. The normalized spacial score (nSPS) is 13.7. The summed E-state index contributed by atoms with van der Waals surface area (Å²) in [7, 11) is 0. The molecule has 0 unspecified atom stereocenters. The zero-order valence-electron chi connectivity index (χ0n) is 22.5. The molecule has 0 atom stereocenters. The van der Waals surface area contributed by atoms with Crippen LogP contribution in [-0.4, -0.2) is 26.8 Å². The number of nitrogens with one attached hydrogen (secondary N) is 1. The Morgan fingerprint density at radius 2 is 1.62 bits per heavy atom. The van der Waals surface area contributed by atoms with Crippen LogP contribution in [0.5, 0.6) is 0 Å². The van der Waals surface area contributed by atoms with Crippen molar-refractivity contribution >= 4 is 33.6 Å². The maximum Gasteiger partial charge on any atom is 0.335 e. The van der Waals surface area contributed by atoms with Crippen LogP contribution in [-0.2, 0) is 12.1 Å². The van der Waals surface area contributed by atoms with Crippen LogP contribution in [0, 0.1) is 5.82 Å². The Labute approximate surface area is 241 Å². The molecule has 2 N–H and O–H groups in total. The van der Waals surface area contributed by atoms with Crippen molar-refractivity contribution < 1.29 is 19.1 Å². The van der Waals surface area contributed by atoms with Gasteiger partial charge in [0, 0.05) is 11.9 Å². The maximum atomic E-state index is 14.1. The molecule has 6 aromatic rings. The molecule has 1 saturated carbocycles. The molecule has 5 aromatic carbocycles. The Morgan fingerprint density at radius 1 is 0.833 bits per heavy atom. The first-order valence-electron chi connectivity index (χ1n) is 13.8. The highest BCUT2D eigenvalue weighted by molar-refractivity contribution is 6.07. The van der Waals surface area contributed by atoms with Gasteiger partial charge >= 0.3 is 5.97 Å². The van der Waals surface area contributed by atoms with E-state index in [1.165, 1.54) is 29.7 Å². The minimum absolute atomic E-state index is 0.182. The molecule has 6 nitrogen and oxygen atoms in total. The SMILES string of the molecule is O=C(O)c1ccc(CNC(=O)c2cc(-c3cccc(F)c3)cc3cnn(C4(c5ccc6ccccc6c5)CC4)c23)cc1. The van der Waals surface area contributed by atoms with Gasteiger partial charge in [0.1, 0.15) is 5.82 Å². The molecule has 7 rings (SSSR count). The number of rotatable bonds is 7. The van der Waals surface area contributed by atoms with Crippen molar-refractivity contribution in [3.05, 3.63) is 137 Å². The number of nitrogens with zero attached hydrogens (tertiary/aromatic N) is 2. The number of carboxylic acids is 1. The molecule has 0 spiro atoms. The number of halogens is 1. The van der Waals surface area contributed by atoms with E-state index < -0.39 is 5.97 Å². The fraction of sp³-hybridized carbons (Fsp3) is 0.114. The van der Waals surface area contributed by atoms with Gasteiger partial charge in [-0.25, -0.2) is 9.18 Å². The highest BCUT2D eigenvalue weighted by Crippen LogP contribution is 2.51. The Bertz CT molecular complexity index is 2010. The molecule has 7 heteroatoms. The molecule has 1 aliphatic carbocycles. The number of fused-ring (bicyclic) bond motifs is 2. The number of aromatic nitrogens is 2. The first kappa shape index (κ1) is 25.7. The Balaban J connectivity index is 1.32. The third-order valence-electron chi connectivity index (χ3n) is 8.14. The van der Waals surface area contributed by atoms with E-state index >= 15 is 0 Å². The van der Waals surface area contributed by atoms with Gasteiger partial charge in [0.25, 0.3) is 5.91 Å². The van der Waals surface area contributed by atoms with Gasteiger partial charge in [-0.15, -0.1) is 0 Å². The van der Waals surface area contributed by atoms with Crippen molar-refractivity contribution in [3.8, 4) is 11.1 Å². The minimum Gasteiger partial charge on any atom is -0.478 e. The number of carbonyl (C=O) groups is 2. The van der Waals surface area contributed by atoms with E-state index in [1.807, 2.05) is 28.9 Å². The van der Waals surface area contributed by atoms with Gasteiger partial charge in [0.05, 0.1) is 28.4 Å². The number of carboxylic acid groups (broad SMARTS) is 1. The summed E-state index contributed by atoms with van der Waals surface area (Å²) in [4.78, 5) is 25.1. The Kier molecular flexibility index (Phi) is 6.08. The van der Waals surface area contributed by atoms with Crippen molar-refractivity contribution in [1.29, 1.82) is 0 Å². The topological polar surface area (TPSA) is 84.2 Å². The minimum atomic E-state index is -1.00. The molecular weight excluding hydrogens is 529 g/mol. The number of amides is 1. The summed E-state index contributed by atoms with van der Waals surface area (Å²) >= 11 is 0. The molecule has 206 valence electrons. The summed E-state index contributed by atoms with van der Waals surface area (Å²) in [5.74, 6) is -1.65. The summed E-state index contributed by atoms with van der Waals surface area (Å²) in [6.07, 6.45) is 3.57. The van der Waals surface area contributed by atoms with Gasteiger partial charge in [0.15, 0.2) is 0 Å². The molecular formula is C35H26FN3O3. The van der Waals surface area contributed by atoms with Crippen molar-refractivity contribution in [2.24, 2.45) is 0 Å². The number of hydrogen-bond acceptors (Lipinski definition) is 3. The van der Waals surface area contributed by atoms with Gasteiger partial charge in [0.2, 0.25) is 0 Å². The lowest BCUT2D eigenvalue weighted by atomic mass is 9.97. The molecule has 1 amide bonds. The van der Waals surface area contributed by atoms with Gasteiger partial charge in [-0.05, 0) is 88.3 Å². The number of aromatic carboxylic acids is 1. The second-order valence-electron chi connectivity index (χ2n) is 10.8. The summed E-state index contributed by atoms with van der Waals surface area (Å²) in [6.45, 7) is 0.217. The zero-order chi connectivity index (χ0) is 28.8. The average Bonchev–Trinajstić information content (AvgIpc) is 3.71. The van der Waals surface area contributed by atoms with Crippen molar-refractivity contribution in [3.63, 3.8) is 0 Å². The highest BCUT2D eigenvalue weighted by Gasteiger charge is 2.48. The molecule has 42 heavy (non-hydrogen) atoms. The summed E-state index contributed by atoms with van der Waals surface area (Å²) < 4.78 is 16.1. The standard InChI is InChI=1S/C35H26FN3O3/c36-30-7-3-6-26(18-30)27-16-28-21-38-39(35(14-15-35)29-13-12-23-4-1-2-5-25(23)17-29)32(28)31(19-27)33(40)37-20-22-8-10-24(11-9-22)34(41)42/h1-13,16-19,21H,14-15,20H2,(H,37,40)(H,41,42). The van der Waals surface area contributed by atoms with Gasteiger partial charge in [-0.1, -0.05) is 60.7 Å². The Hall–Kier alpha value is -5.30. The van der Waals surface area contributed by atoms with Crippen LogP contribution < -0.4 is 5.32 Å². The van der Waals surface area contributed by atoms with E-state index in [0.717, 1.165) is 40.3 Å². The molecule has 0 bridgehead atoms. The summed E-state index contributed by atoms with van der Waals surface area (Å²) in [6, 6.07) is 31.2. The lowest BCUT2D eigenvalue weighted by molar-refractivity contribution is 0.0696. The number of carbonyl (C=O) groups excluding carboxylic acids is 1. The lowest BCUT2D eigenvalue weighted by Gasteiger charge is -2.20. The smallest absolute Gasteiger partial charge is 0.335 e. The van der Waals surface area contributed by atoms with Crippen LogP contribution in [0.3, 0.4) is 0 Å². The first-order valence-corrected chi connectivity index (χ1v) is 13.8. The molecule has 0 aliphatic heterocycles. The van der Waals surface area contributed by atoms with E-state index in [1.54, 1.807) is 30.5 Å². The summed E-state index contributed by atoms with van der Waals surface area (Å²) in [5, 5.41) is 20.1. The molecule has 1 aliphatic rings. The van der Waals surface area contributed by atoms with E-state index in [9.17, 15) is 19.1 Å². The fourth-order valence-electron chi connectivity index (χ4n) is 5.76. The molecule has 1 fully saturated rings. The zero-order valence-corrected chi connectivity index (χ0v) is 22.5. The van der Waals surface area contributed by atoms with Crippen molar-refractivity contribution in [2.75, 3.05) is 0 Å². The van der Waals surface area contributed by atoms with Crippen molar-refractivity contribution in [1.82, 2.24) is 15.1 Å². The van der Waals surface area contributed by atoms with Gasteiger partial charge in [-0.2, -0.15) is 5.10 Å². The van der Waals surface area contributed by atoms with Crippen LogP contribution in [0.1, 0.15) is 44.7 Å². The van der Waals surface area contributed by atoms with Crippen molar-refractivity contribution in [2.45, 2.75) is 24.9 Å². The number of hydrogen-bond donors (Lipinski definition) is 2. The molecule has 1 heterocycles. The second-order valence-corrected chi connectivity index (χ2v) is 10.8. The van der Waals surface area contributed by atoms with E-state index in [-0.39, 0.29) is 29.4 Å². The van der Waals surface area contributed by atoms with E-state index in [4.69, 9.17) is 5.10 Å². The van der Waals surface area contributed by atoms with Crippen LogP contribution in [0.25, 0.3) is 32.8 Å². The van der Waals surface area contributed by atoms with Gasteiger partial charge < -0.3 is 10.4 Å². The second kappa shape index (κ2) is 9.96. The maximum absolute atomic E-state index is 14.1. The Morgan fingerprint density at radius 3 is 2.36 bits per heavy atom. The van der Waals surface area contributed by atoms with E-state index in [2.05, 4.69) is 35.6 Å². The van der Waals surface area contributed by atoms with Crippen LogP contribution >= 0.6 is 0 Å². The van der Waals surface area contributed by atoms with Crippen LogP contribution in [0.15, 0.2) is 109 Å². The predicted molar refractivity (Wildman–Crippen MR) is 160 cm³/mol. The lowest BCUT2D eigenvalue weighted by Crippen LogP contribution is -2.26. The van der Waals surface area contributed by atoms with E-state index in [0.29, 0.717) is 16.7 Å². The van der Waals surface area contributed by atoms with Crippen LogP contribution in [0.2, 0.25) is 0 Å². The molecule has 0 saturated heterocycles. The van der Waals surface area contributed by atoms with Crippen LogP contribution in [0.4, 0.5) is 4.39 Å². The average molecular weight is 556 g/mol. The third-order valence-corrected chi connectivity index (χ3v) is 8.14. The van der Waals surface area contributed by atoms with Gasteiger partial charge in [-0.3, -0.25) is 9.48 Å². The summed E-state index contributed by atoms with van der Waals surface area (Å²) in [5.41, 5.74) is 4.28.